The standard InChI is InChI=1S/C50H63NO11/c1-32-24-41(54)39(42(60-32)26-40-45(51-34(3)53)50(62-44(27-52)46(40)55)59-31-38-22-14-7-15-23-38)25-43-48(57-29-36-18-10-5-11-19-36)49(58-30-37-20-12-6-13-21-37)47(33(2)61-43)56-28-35-16-8-4-9-17-35/h4-23,32-33,39-50,52,54-55H,24-31H2,1-3H3,(H,51,53)/t32-,33+,39-,40-,41+,42+,43+,44-,45-,46+,47-,48-,49-,50+/m1/s1. The summed E-state index contributed by atoms with van der Waals surface area (Å²) in [6.45, 7) is 6.01. The molecule has 0 radical (unpaired) electrons. The summed E-state index contributed by atoms with van der Waals surface area (Å²) in [4.78, 5) is 12.7. The molecule has 62 heavy (non-hydrogen) atoms. The van der Waals surface area contributed by atoms with E-state index >= 15 is 0 Å². The third-order valence-corrected chi connectivity index (χ3v) is 12.4. The van der Waals surface area contributed by atoms with Crippen LogP contribution in [0.2, 0.25) is 0 Å². The van der Waals surface area contributed by atoms with Gasteiger partial charge in [-0.25, -0.2) is 0 Å². The number of nitrogens with one attached hydrogen (secondary N) is 1. The zero-order valence-electron chi connectivity index (χ0n) is 35.9. The van der Waals surface area contributed by atoms with Crippen molar-refractivity contribution in [3.05, 3.63) is 144 Å². The van der Waals surface area contributed by atoms with Gasteiger partial charge in [-0.15, -0.1) is 0 Å². The molecule has 0 aromatic heterocycles. The predicted octanol–water partition coefficient (Wildman–Crippen LogP) is 5.88. The van der Waals surface area contributed by atoms with Gasteiger partial charge in [0.2, 0.25) is 5.91 Å². The average Bonchev–Trinajstić information content (AvgIpc) is 3.28. The van der Waals surface area contributed by atoms with Gasteiger partial charge < -0.3 is 53.8 Å². The summed E-state index contributed by atoms with van der Waals surface area (Å²) in [5, 5.41) is 37.2. The highest BCUT2D eigenvalue weighted by atomic mass is 16.7. The SMILES string of the molecule is CC(=O)N[C@H]1[C@@H](OCc2ccccc2)O[C@H](CO)[C@@H](O)[C@@H]1C[C@@H]1O[C@H](C)C[C@H](O)[C@H]1C[C@@H]1O[C@@H](C)[C@@H](OCc2ccccc2)[C@@H](OCc2ccccc2)[C@@H]1OCc1ccccc1. The molecule has 14 atom stereocenters. The zero-order chi connectivity index (χ0) is 43.4. The van der Waals surface area contributed by atoms with Crippen LogP contribution in [0.4, 0.5) is 0 Å². The van der Waals surface area contributed by atoms with Gasteiger partial charge in [-0.1, -0.05) is 121 Å². The molecule has 0 saturated carbocycles. The minimum absolute atomic E-state index is 0.187. The van der Waals surface area contributed by atoms with E-state index < -0.39 is 85.7 Å². The summed E-state index contributed by atoms with van der Waals surface area (Å²) in [5.41, 5.74) is 3.92. The minimum atomic E-state index is -1.18. The molecule has 4 aromatic carbocycles. The van der Waals surface area contributed by atoms with Gasteiger partial charge in [0, 0.05) is 18.8 Å². The van der Waals surface area contributed by atoms with Crippen molar-refractivity contribution >= 4 is 5.91 Å². The average molecular weight is 854 g/mol. The van der Waals surface area contributed by atoms with Gasteiger partial charge in [0.1, 0.15) is 24.4 Å². The Morgan fingerprint density at radius 3 is 1.56 bits per heavy atom. The minimum Gasteiger partial charge on any atom is -0.394 e. The molecule has 0 spiro atoms. The molecule has 334 valence electrons. The van der Waals surface area contributed by atoms with Crippen LogP contribution in [0.25, 0.3) is 0 Å². The normalized spacial score (nSPS) is 32.5. The number of aliphatic hydroxyl groups excluding tert-OH is 3. The van der Waals surface area contributed by atoms with Crippen molar-refractivity contribution in [2.45, 2.75) is 140 Å². The molecule has 4 aromatic rings. The van der Waals surface area contributed by atoms with Crippen molar-refractivity contribution in [1.29, 1.82) is 0 Å². The first-order valence-corrected chi connectivity index (χ1v) is 22.0. The smallest absolute Gasteiger partial charge is 0.217 e. The highest BCUT2D eigenvalue weighted by Gasteiger charge is 2.52. The third-order valence-electron chi connectivity index (χ3n) is 12.4. The molecule has 3 fully saturated rings. The second kappa shape index (κ2) is 22.5. The molecule has 12 heteroatoms. The van der Waals surface area contributed by atoms with Crippen molar-refractivity contribution < 1.29 is 53.3 Å². The first-order chi connectivity index (χ1) is 30.2. The van der Waals surface area contributed by atoms with Gasteiger partial charge in [-0.05, 0) is 55.4 Å². The Bertz CT molecular complexity index is 1910. The first-order valence-electron chi connectivity index (χ1n) is 22.0. The van der Waals surface area contributed by atoms with Crippen molar-refractivity contribution in [3.63, 3.8) is 0 Å². The lowest BCUT2D eigenvalue weighted by molar-refractivity contribution is -0.274. The van der Waals surface area contributed by atoms with Crippen LogP contribution in [0, 0.1) is 11.8 Å². The molecule has 1 amide bonds. The van der Waals surface area contributed by atoms with Crippen molar-refractivity contribution in [3.8, 4) is 0 Å². The summed E-state index contributed by atoms with van der Waals surface area (Å²) >= 11 is 0. The largest absolute Gasteiger partial charge is 0.394 e. The summed E-state index contributed by atoms with van der Waals surface area (Å²) in [6.07, 6.45) is -6.56. The van der Waals surface area contributed by atoms with Crippen molar-refractivity contribution in [2.24, 2.45) is 11.8 Å². The highest BCUT2D eigenvalue weighted by molar-refractivity contribution is 5.73. The van der Waals surface area contributed by atoms with E-state index in [1.807, 2.05) is 135 Å². The molecule has 7 rings (SSSR count). The van der Waals surface area contributed by atoms with Crippen LogP contribution in [0.1, 0.15) is 62.3 Å². The number of ether oxygens (including phenoxy) is 7. The molecule has 0 bridgehead atoms. The van der Waals surface area contributed by atoms with E-state index in [1.54, 1.807) is 0 Å². The van der Waals surface area contributed by atoms with Crippen LogP contribution in [-0.2, 0) is 64.4 Å². The maximum Gasteiger partial charge on any atom is 0.217 e. The second-order valence-corrected chi connectivity index (χ2v) is 17.0. The Labute approximate surface area is 365 Å². The lowest BCUT2D eigenvalue weighted by atomic mass is 9.75. The Morgan fingerprint density at radius 2 is 1.06 bits per heavy atom. The van der Waals surface area contributed by atoms with E-state index in [-0.39, 0.29) is 25.0 Å². The summed E-state index contributed by atoms with van der Waals surface area (Å²) in [7, 11) is 0. The van der Waals surface area contributed by atoms with E-state index in [0.717, 1.165) is 22.3 Å². The second-order valence-electron chi connectivity index (χ2n) is 17.0. The lowest BCUT2D eigenvalue weighted by Gasteiger charge is -2.50. The van der Waals surface area contributed by atoms with E-state index in [9.17, 15) is 20.1 Å². The number of aliphatic hydroxyl groups is 3. The molecule has 3 aliphatic rings. The van der Waals surface area contributed by atoms with E-state index in [4.69, 9.17) is 33.2 Å². The van der Waals surface area contributed by atoms with Crippen LogP contribution < -0.4 is 5.32 Å². The van der Waals surface area contributed by atoms with Crippen LogP contribution in [0.15, 0.2) is 121 Å². The number of rotatable bonds is 18. The van der Waals surface area contributed by atoms with Gasteiger partial charge in [0.25, 0.3) is 0 Å². The van der Waals surface area contributed by atoms with E-state index in [2.05, 4.69) is 5.32 Å². The Morgan fingerprint density at radius 1 is 0.597 bits per heavy atom. The molecular weight excluding hydrogens is 791 g/mol. The van der Waals surface area contributed by atoms with Crippen LogP contribution >= 0.6 is 0 Å². The van der Waals surface area contributed by atoms with Gasteiger partial charge in [0.05, 0.1) is 75.7 Å². The summed E-state index contributed by atoms with van der Waals surface area (Å²) in [6, 6.07) is 38.7. The molecule has 3 saturated heterocycles. The molecule has 3 heterocycles. The van der Waals surface area contributed by atoms with Gasteiger partial charge >= 0.3 is 0 Å². The first kappa shape index (κ1) is 46.0. The topological polar surface area (TPSA) is 154 Å². The Kier molecular flexibility index (Phi) is 16.7. The van der Waals surface area contributed by atoms with Crippen molar-refractivity contribution in [1.82, 2.24) is 5.32 Å². The van der Waals surface area contributed by atoms with Gasteiger partial charge in [-0.3, -0.25) is 4.79 Å². The predicted molar refractivity (Wildman–Crippen MR) is 231 cm³/mol. The third kappa shape index (κ3) is 12.1. The monoisotopic (exact) mass is 853 g/mol. The summed E-state index contributed by atoms with van der Waals surface area (Å²) in [5.74, 6) is -1.48. The number of carbonyl (C=O) groups excluding carboxylic acids is 1. The molecule has 12 nitrogen and oxygen atoms in total. The molecule has 0 unspecified atom stereocenters. The molecule has 3 aliphatic heterocycles. The molecular formula is C50H63NO11. The van der Waals surface area contributed by atoms with Crippen LogP contribution in [0.3, 0.4) is 0 Å². The quantitative estimate of drug-likeness (QED) is 0.0950. The number of amides is 1. The number of hydrogen-bond donors (Lipinski definition) is 4. The summed E-state index contributed by atoms with van der Waals surface area (Å²) < 4.78 is 46.4. The highest BCUT2D eigenvalue weighted by Crippen LogP contribution is 2.41. The van der Waals surface area contributed by atoms with Gasteiger partial charge in [-0.2, -0.15) is 0 Å². The molecule has 4 N–H and O–H groups in total. The zero-order valence-corrected chi connectivity index (χ0v) is 35.9. The van der Waals surface area contributed by atoms with Crippen LogP contribution in [0.5, 0.6) is 0 Å². The van der Waals surface area contributed by atoms with E-state index in [0.29, 0.717) is 32.7 Å². The maximum absolute atomic E-state index is 12.7. The number of hydrogen-bond acceptors (Lipinski definition) is 11. The van der Waals surface area contributed by atoms with Crippen molar-refractivity contribution in [2.75, 3.05) is 6.61 Å². The maximum atomic E-state index is 12.7. The fraction of sp³-hybridized carbons (Fsp3) is 0.500. The molecule has 0 aliphatic carbocycles. The Balaban J connectivity index is 1.18. The lowest BCUT2D eigenvalue weighted by Crippen LogP contribution is -2.63. The number of carbonyl (C=O) groups is 1. The number of benzene rings is 4. The Hall–Kier alpha value is -4.05. The fourth-order valence-corrected chi connectivity index (χ4v) is 9.27. The van der Waals surface area contributed by atoms with Gasteiger partial charge in [0.15, 0.2) is 6.29 Å². The fourth-order valence-electron chi connectivity index (χ4n) is 9.27. The van der Waals surface area contributed by atoms with Crippen LogP contribution in [-0.4, -0.2) is 101 Å². The van der Waals surface area contributed by atoms with E-state index in [1.165, 1.54) is 6.92 Å².